The molecule has 0 saturated heterocycles. The van der Waals surface area contributed by atoms with Crippen molar-refractivity contribution in [1.82, 2.24) is 20.0 Å². The largest absolute Gasteiger partial charge is 0.372 e. The molecule has 24 heavy (non-hydrogen) atoms. The minimum Gasteiger partial charge on any atom is -0.372 e. The second-order valence-corrected chi connectivity index (χ2v) is 6.49. The van der Waals surface area contributed by atoms with Crippen molar-refractivity contribution in [2.45, 2.75) is 25.9 Å². The van der Waals surface area contributed by atoms with Crippen molar-refractivity contribution in [3.63, 3.8) is 0 Å². The van der Waals surface area contributed by atoms with Gasteiger partial charge in [-0.25, -0.2) is 4.79 Å². The Kier molecular flexibility index (Phi) is 4.74. The molecule has 0 saturated carbocycles. The molecular weight excluding hydrogens is 302 g/mol. The maximum Gasteiger partial charge on any atom is 0.318 e. The van der Waals surface area contributed by atoms with E-state index in [9.17, 15) is 4.79 Å². The summed E-state index contributed by atoms with van der Waals surface area (Å²) < 4.78 is 1.78. The fraction of sp³-hybridized carbons (Fsp3) is 0.444. The Morgan fingerprint density at radius 3 is 2.88 bits per heavy atom. The molecule has 0 fully saturated rings. The van der Waals surface area contributed by atoms with Gasteiger partial charge < -0.3 is 15.1 Å². The number of rotatable bonds is 3. The van der Waals surface area contributed by atoms with Crippen LogP contribution in [0.5, 0.6) is 0 Å². The second kappa shape index (κ2) is 6.95. The van der Waals surface area contributed by atoms with E-state index in [0.717, 1.165) is 18.5 Å². The Balaban J connectivity index is 1.63. The molecule has 0 unspecified atom stereocenters. The number of nitrogens with zero attached hydrogens (tertiary/aromatic N) is 4. The van der Waals surface area contributed by atoms with E-state index in [1.165, 1.54) is 11.3 Å². The SMILES string of the molecule is C[C@@H]1CN(C)c2ccccc2CN1C(=O)NCCc1cnn(C)c1. The van der Waals surface area contributed by atoms with Crippen molar-refractivity contribution in [2.24, 2.45) is 7.05 Å². The van der Waals surface area contributed by atoms with E-state index in [0.29, 0.717) is 13.1 Å². The average molecular weight is 327 g/mol. The number of nitrogens with one attached hydrogen (secondary N) is 1. The normalized spacial score (nSPS) is 17.4. The fourth-order valence-electron chi connectivity index (χ4n) is 3.24. The Bertz CT molecular complexity index is 711. The zero-order valence-electron chi connectivity index (χ0n) is 14.6. The van der Waals surface area contributed by atoms with Crippen LogP contribution in [0.15, 0.2) is 36.7 Å². The van der Waals surface area contributed by atoms with Gasteiger partial charge in [0.1, 0.15) is 0 Å². The smallest absolute Gasteiger partial charge is 0.318 e. The van der Waals surface area contributed by atoms with E-state index in [-0.39, 0.29) is 12.1 Å². The summed E-state index contributed by atoms with van der Waals surface area (Å²) in [5, 5.41) is 7.20. The van der Waals surface area contributed by atoms with Gasteiger partial charge in [0.2, 0.25) is 0 Å². The third kappa shape index (κ3) is 3.53. The first-order valence-electron chi connectivity index (χ1n) is 8.35. The van der Waals surface area contributed by atoms with E-state index in [2.05, 4.69) is 41.4 Å². The Morgan fingerprint density at radius 2 is 2.12 bits per heavy atom. The molecule has 128 valence electrons. The van der Waals surface area contributed by atoms with Crippen molar-refractivity contribution in [2.75, 3.05) is 25.0 Å². The fourth-order valence-corrected chi connectivity index (χ4v) is 3.24. The highest BCUT2D eigenvalue weighted by molar-refractivity contribution is 5.75. The molecule has 0 bridgehead atoms. The highest BCUT2D eigenvalue weighted by atomic mass is 16.2. The van der Waals surface area contributed by atoms with Crippen LogP contribution >= 0.6 is 0 Å². The first-order chi connectivity index (χ1) is 11.5. The van der Waals surface area contributed by atoms with Gasteiger partial charge in [0, 0.05) is 51.7 Å². The van der Waals surface area contributed by atoms with Gasteiger partial charge in [-0.05, 0) is 30.5 Å². The predicted octanol–water partition coefficient (Wildman–Crippen LogP) is 2.01. The number of benzene rings is 1. The molecule has 1 N–H and O–H groups in total. The summed E-state index contributed by atoms with van der Waals surface area (Å²) in [6.45, 7) is 4.18. The molecule has 2 aromatic rings. The van der Waals surface area contributed by atoms with Crippen LogP contribution in [-0.2, 0) is 20.0 Å². The molecule has 0 spiro atoms. The standard InChI is InChI=1S/C18H25N5O/c1-14-11-21(2)17-7-5-4-6-16(17)13-23(14)18(24)19-9-8-15-10-20-22(3)12-15/h4-7,10,12,14H,8-9,11,13H2,1-3H3,(H,19,24)/t14-/m1/s1. The summed E-state index contributed by atoms with van der Waals surface area (Å²) in [5.74, 6) is 0. The number of likely N-dealkylation sites (N-methyl/N-ethyl adjacent to an activating group) is 1. The molecule has 6 nitrogen and oxygen atoms in total. The number of aryl methyl sites for hydroxylation is 1. The summed E-state index contributed by atoms with van der Waals surface area (Å²) in [4.78, 5) is 16.8. The van der Waals surface area contributed by atoms with Gasteiger partial charge in [-0.15, -0.1) is 0 Å². The number of para-hydroxylation sites is 1. The molecule has 0 radical (unpaired) electrons. The van der Waals surface area contributed by atoms with Gasteiger partial charge in [0.25, 0.3) is 0 Å². The lowest BCUT2D eigenvalue weighted by molar-refractivity contribution is 0.178. The lowest BCUT2D eigenvalue weighted by Crippen LogP contribution is -2.47. The van der Waals surface area contributed by atoms with Crippen LogP contribution in [0.3, 0.4) is 0 Å². The lowest BCUT2D eigenvalue weighted by Gasteiger charge is -2.28. The quantitative estimate of drug-likeness (QED) is 0.938. The Morgan fingerprint density at radius 1 is 1.33 bits per heavy atom. The summed E-state index contributed by atoms with van der Waals surface area (Å²) >= 11 is 0. The van der Waals surface area contributed by atoms with Crippen LogP contribution in [0, 0.1) is 0 Å². The van der Waals surface area contributed by atoms with Crippen molar-refractivity contribution in [3.05, 3.63) is 47.8 Å². The summed E-state index contributed by atoms with van der Waals surface area (Å²) in [6, 6.07) is 8.44. The molecule has 0 aliphatic carbocycles. The van der Waals surface area contributed by atoms with Crippen LogP contribution in [0.1, 0.15) is 18.1 Å². The molecule has 3 rings (SSSR count). The Labute approximate surface area is 143 Å². The maximum atomic E-state index is 12.6. The van der Waals surface area contributed by atoms with Gasteiger partial charge >= 0.3 is 6.03 Å². The van der Waals surface area contributed by atoms with E-state index < -0.39 is 0 Å². The minimum atomic E-state index is -0.00325. The van der Waals surface area contributed by atoms with Crippen LogP contribution in [0.4, 0.5) is 10.5 Å². The Hall–Kier alpha value is -2.50. The zero-order chi connectivity index (χ0) is 17.1. The van der Waals surface area contributed by atoms with Crippen LogP contribution in [0.2, 0.25) is 0 Å². The van der Waals surface area contributed by atoms with Gasteiger partial charge in [0.05, 0.1) is 6.20 Å². The van der Waals surface area contributed by atoms with Crippen molar-refractivity contribution in [3.8, 4) is 0 Å². The third-order valence-corrected chi connectivity index (χ3v) is 4.52. The maximum absolute atomic E-state index is 12.6. The number of anilines is 1. The van der Waals surface area contributed by atoms with E-state index in [1.54, 1.807) is 4.68 Å². The number of hydrogen-bond acceptors (Lipinski definition) is 3. The van der Waals surface area contributed by atoms with Gasteiger partial charge in [0.15, 0.2) is 0 Å². The van der Waals surface area contributed by atoms with Crippen molar-refractivity contribution < 1.29 is 4.79 Å². The number of carbonyl (C=O) groups excluding carboxylic acids is 1. The van der Waals surface area contributed by atoms with E-state index in [1.807, 2.05) is 36.5 Å². The number of amides is 2. The molecule has 1 atom stereocenters. The third-order valence-electron chi connectivity index (χ3n) is 4.52. The first kappa shape index (κ1) is 16.4. The molecule has 1 aromatic heterocycles. The summed E-state index contributed by atoms with van der Waals surface area (Å²) in [5.41, 5.74) is 3.52. The molecule has 1 aromatic carbocycles. The van der Waals surface area contributed by atoms with Gasteiger partial charge in [-0.1, -0.05) is 18.2 Å². The van der Waals surface area contributed by atoms with Crippen LogP contribution in [0.25, 0.3) is 0 Å². The first-order valence-corrected chi connectivity index (χ1v) is 8.35. The van der Waals surface area contributed by atoms with Crippen LogP contribution in [-0.4, -0.2) is 46.9 Å². The topological polar surface area (TPSA) is 53.4 Å². The zero-order valence-corrected chi connectivity index (χ0v) is 14.6. The lowest BCUT2D eigenvalue weighted by atomic mass is 10.1. The van der Waals surface area contributed by atoms with E-state index in [4.69, 9.17) is 0 Å². The highest BCUT2D eigenvalue weighted by Gasteiger charge is 2.26. The molecule has 1 aliphatic heterocycles. The predicted molar refractivity (Wildman–Crippen MR) is 95.0 cm³/mol. The van der Waals surface area contributed by atoms with Gasteiger partial charge in [-0.3, -0.25) is 4.68 Å². The number of fused-ring (bicyclic) bond motifs is 1. The number of urea groups is 1. The molecule has 6 heteroatoms. The van der Waals surface area contributed by atoms with E-state index >= 15 is 0 Å². The van der Waals surface area contributed by atoms with Crippen molar-refractivity contribution >= 4 is 11.7 Å². The summed E-state index contributed by atoms with van der Waals surface area (Å²) in [7, 11) is 3.98. The second-order valence-electron chi connectivity index (χ2n) is 6.49. The molecule has 1 aliphatic rings. The molecular formula is C18H25N5O. The van der Waals surface area contributed by atoms with Crippen molar-refractivity contribution in [1.29, 1.82) is 0 Å². The molecule has 2 amide bonds. The monoisotopic (exact) mass is 327 g/mol. The highest BCUT2D eigenvalue weighted by Crippen LogP contribution is 2.25. The van der Waals surface area contributed by atoms with Gasteiger partial charge in [-0.2, -0.15) is 5.10 Å². The molecule has 2 heterocycles. The minimum absolute atomic E-state index is 0.00325. The number of hydrogen-bond donors (Lipinski definition) is 1. The average Bonchev–Trinajstić information content (AvgIpc) is 2.92. The number of carbonyl (C=O) groups is 1. The van der Waals surface area contributed by atoms with Crippen LogP contribution < -0.4 is 10.2 Å². The number of aromatic nitrogens is 2. The summed E-state index contributed by atoms with van der Waals surface area (Å²) in [6.07, 6.45) is 4.61.